The number of nitrogen functional groups attached to an aromatic ring is 1. The van der Waals surface area contributed by atoms with Gasteiger partial charge in [-0.1, -0.05) is 24.3 Å². The normalized spacial score (nSPS) is 20.4. The largest absolute Gasteiger partial charge is 0.383 e. The third kappa shape index (κ3) is 4.94. The van der Waals surface area contributed by atoms with E-state index in [1.807, 2.05) is 43.3 Å². The zero-order chi connectivity index (χ0) is 28.8. The molecule has 3 aromatic heterocycles. The van der Waals surface area contributed by atoms with Crippen LogP contribution in [-0.2, 0) is 0 Å². The van der Waals surface area contributed by atoms with Gasteiger partial charge in [0.05, 0.1) is 16.3 Å². The maximum Gasteiger partial charge on any atom is 0.230 e. The van der Waals surface area contributed by atoms with Crippen LogP contribution >= 0.6 is 0 Å². The van der Waals surface area contributed by atoms with Crippen LogP contribution in [0.4, 0.5) is 21.8 Å². The minimum Gasteiger partial charge on any atom is -0.383 e. The Labute approximate surface area is 244 Å². The van der Waals surface area contributed by atoms with Crippen LogP contribution in [0.15, 0.2) is 55.0 Å². The van der Waals surface area contributed by atoms with Crippen molar-refractivity contribution < 1.29 is 4.39 Å². The van der Waals surface area contributed by atoms with Crippen molar-refractivity contribution in [3.63, 3.8) is 0 Å². The van der Waals surface area contributed by atoms with E-state index in [-0.39, 0.29) is 5.95 Å². The highest BCUT2D eigenvalue weighted by Crippen LogP contribution is 2.39. The Morgan fingerprint density at radius 3 is 2.38 bits per heavy atom. The first kappa shape index (κ1) is 26.7. The summed E-state index contributed by atoms with van der Waals surface area (Å²) in [6, 6.07) is 14.5. The fourth-order valence-corrected chi connectivity index (χ4v) is 6.71. The van der Waals surface area contributed by atoms with E-state index in [0.717, 1.165) is 59.3 Å². The number of hydrogen-bond donors (Lipinski definition) is 2. The van der Waals surface area contributed by atoms with Crippen molar-refractivity contribution in [3.05, 3.63) is 66.5 Å². The molecule has 1 aliphatic heterocycles. The molecule has 0 bridgehead atoms. The standard InChI is InChI=1S/C32H36FN9/c1-20-4-3-5-26-27(20)29(33)39-32(38-26)37-22-8-6-21(7-9-22)25-18-42(31-28(25)30(34)35-19-36-31)24-12-10-23(11-13-24)41-16-14-40(2)15-17-41/h3-9,18-19,23-24H,10-17H2,1-2H3,(H2,34,35,36)(H,37,38,39)/t23-,24+. The maximum atomic E-state index is 14.7. The molecule has 3 N–H and O–H groups in total. The van der Waals surface area contributed by atoms with E-state index in [9.17, 15) is 4.39 Å². The molecule has 2 aromatic carbocycles. The van der Waals surface area contributed by atoms with Gasteiger partial charge in [-0.05, 0) is 69.0 Å². The molecular formula is C32H36FN9. The van der Waals surface area contributed by atoms with Crippen molar-refractivity contribution in [3.8, 4) is 11.1 Å². The van der Waals surface area contributed by atoms with E-state index in [2.05, 4.69) is 52.9 Å². The number of piperazine rings is 1. The van der Waals surface area contributed by atoms with Gasteiger partial charge in [-0.25, -0.2) is 15.0 Å². The molecule has 0 atom stereocenters. The molecule has 5 aromatic rings. The molecule has 42 heavy (non-hydrogen) atoms. The van der Waals surface area contributed by atoms with Gasteiger partial charge in [0.15, 0.2) is 0 Å². The highest BCUT2D eigenvalue weighted by molar-refractivity contribution is 6.00. The van der Waals surface area contributed by atoms with E-state index in [0.29, 0.717) is 28.8 Å². The van der Waals surface area contributed by atoms with E-state index in [1.54, 1.807) is 12.4 Å². The van der Waals surface area contributed by atoms with Crippen molar-refractivity contribution in [2.75, 3.05) is 44.3 Å². The van der Waals surface area contributed by atoms with Crippen molar-refractivity contribution in [2.45, 2.75) is 44.7 Å². The van der Waals surface area contributed by atoms with Crippen molar-refractivity contribution in [1.82, 2.24) is 34.3 Å². The van der Waals surface area contributed by atoms with Crippen molar-refractivity contribution >= 4 is 39.4 Å². The lowest BCUT2D eigenvalue weighted by atomic mass is 9.89. The average Bonchev–Trinajstić information content (AvgIpc) is 3.39. The molecular weight excluding hydrogens is 529 g/mol. The molecule has 216 valence electrons. The van der Waals surface area contributed by atoms with Crippen LogP contribution in [0.3, 0.4) is 0 Å². The number of rotatable bonds is 5. The third-order valence-electron chi connectivity index (χ3n) is 9.09. The summed E-state index contributed by atoms with van der Waals surface area (Å²) in [6.07, 6.45) is 8.39. The Morgan fingerprint density at radius 2 is 1.62 bits per heavy atom. The summed E-state index contributed by atoms with van der Waals surface area (Å²) < 4.78 is 17.1. The number of nitrogens with one attached hydrogen (secondary N) is 1. The zero-order valence-corrected chi connectivity index (χ0v) is 24.1. The first-order valence-corrected chi connectivity index (χ1v) is 14.8. The average molecular weight is 566 g/mol. The number of nitrogens with two attached hydrogens (primary N) is 1. The molecule has 0 amide bonds. The van der Waals surface area contributed by atoms with E-state index < -0.39 is 5.95 Å². The van der Waals surface area contributed by atoms with Crippen molar-refractivity contribution in [2.24, 2.45) is 0 Å². The molecule has 10 heteroatoms. The lowest BCUT2D eigenvalue weighted by Gasteiger charge is -2.41. The number of fused-ring (bicyclic) bond motifs is 2. The molecule has 1 saturated heterocycles. The van der Waals surface area contributed by atoms with Crippen LogP contribution in [0.25, 0.3) is 33.1 Å². The second kappa shape index (κ2) is 10.9. The Hall–Kier alpha value is -4.15. The summed E-state index contributed by atoms with van der Waals surface area (Å²) >= 11 is 0. The summed E-state index contributed by atoms with van der Waals surface area (Å²) in [7, 11) is 2.21. The zero-order valence-electron chi connectivity index (χ0n) is 24.1. The van der Waals surface area contributed by atoms with Gasteiger partial charge in [0.2, 0.25) is 11.9 Å². The topological polar surface area (TPSA) is 101 Å². The number of benzene rings is 2. The third-order valence-corrected chi connectivity index (χ3v) is 9.09. The fraction of sp³-hybridized carbons (Fsp3) is 0.375. The molecule has 1 aliphatic carbocycles. The Kier molecular flexibility index (Phi) is 6.95. The molecule has 9 nitrogen and oxygen atoms in total. The highest BCUT2D eigenvalue weighted by Gasteiger charge is 2.30. The molecule has 1 saturated carbocycles. The fourth-order valence-electron chi connectivity index (χ4n) is 6.71. The quantitative estimate of drug-likeness (QED) is 0.268. The molecule has 0 unspecified atom stereocenters. The summed E-state index contributed by atoms with van der Waals surface area (Å²) in [6.45, 7) is 6.50. The number of aromatic nitrogens is 5. The SMILES string of the molecule is Cc1cccc2nc(Nc3ccc(-c4cn([C@H]5CC[C@@H](N6CCN(C)CC6)CC5)c5ncnc(N)c45)cc3)nc(F)c12. The second-order valence-electron chi connectivity index (χ2n) is 11.7. The van der Waals surface area contributed by atoms with Crippen LogP contribution in [0, 0.1) is 12.9 Å². The summed E-state index contributed by atoms with van der Waals surface area (Å²) in [5.41, 5.74) is 11.5. The van der Waals surface area contributed by atoms with Gasteiger partial charge >= 0.3 is 0 Å². The Bertz CT molecular complexity index is 1730. The molecule has 7 rings (SSSR count). The van der Waals surface area contributed by atoms with Gasteiger partial charge < -0.3 is 20.5 Å². The first-order valence-electron chi connectivity index (χ1n) is 14.8. The van der Waals surface area contributed by atoms with Gasteiger partial charge in [0.25, 0.3) is 0 Å². The lowest BCUT2D eigenvalue weighted by Crippen LogP contribution is -2.49. The maximum absolute atomic E-state index is 14.7. The van der Waals surface area contributed by atoms with Crippen LogP contribution in [0.1, 0.15) is 37.3 Å². The van der Waals surface area contributed by atoms with Crippen LogP contribution in [-0.4, -0.2) is 73.6 Å². The molecule has 2 fully saturated rings. The minimum atomic E-state index is -0.530. The number of hydrogen-bond acceptors (Lipinski definition) is 8. The van der Waals surface area contributed by atoms with Gasteiger partial charge in [-0.2, -0.15) is 9.37 Å². The van der Waals surface area contributed by atoms with Crippen LogP contribution < -0.4 is 11.1 Å². The number of nitrogens with zero attached hydrogens (tertiary/aromatic N) is 7. The second-order valence-corrected chi connectivity index (χ2v) is 11.7. The number of likely N-dealkylation sites (N-methyl/N-ethyl adjacent to an activating group) is 1. The van der Waals surface area contributed by atoms with E-state index in [1.165, 1.54) is 25.9 Å². The lowest BCUT2D eigenvalue weighted by molar-refractivity contribution is 0.0828. The molecule has 4 heterocycles. The predicted octanol–water partition coefficient (Wildman–Crippen LogP) is 5.55. The summed E-state index contributed by atoms with van der Waals surface area (Å²) in [5.74, 6) is 0.176. The highest BCUT2D eigenvalue weighted by atomic mass is 19.1. The first-order chi connectivity index (χ1) is 20.4. The summed E-state index contributed by atoms with van der Waals surface area (Å²) in [4.78, 5) is 22.7. The smallest absolute Gasteiger partial charge is 0.230 e. The molecule has 2 aliphatic rings. The Morgan fingerprint density at radius 1 is 0.881 bits per heavy atom. The van der Waals surface area contributed by atoms with E-state index in [4.69, 9.17) is 5.73 Å². The predicted molar refractivity (Wildman–Crippen MR) is 165 cm³/mol. The number of halogens is 1. The summed E-state index contributed by atoms with van der Waals surface area (Å²) in [5, 5.41) is 4.48. The van der Waals surface area contributed by atoms with Gasteiger partial charge in [0, 0.05) is 55.7 Å². The minimum absolute atomic E-state index is 0.222. The number of aryl methyl sites for hydroxylation is 1. The Balaban J connectivity index is 1.13. The van der Waals surface area contributed by atoms with Crippen LogP contribution in [0.2, 0.25) is 0 Å². The van der Waals surface area contributed by atoms with Crippen LogP contribution in [0.5, 0.6) is 0 Å². The monoisotopic (exact) mass is 565 g/mol. The number of anilines is 3. The molecule has 0 spiro atoms. The van der Waals surface area contributed by atoms with E-state index >= 15 is 0 Å². The van der Waals surface area contributed by atoms with Gasteiger partial charge in [0.1, 0.15) is 17.8 Å². The van der Waals surface area contributed by atoms with Gasteiger partial charge in [-0.3, -0.25) is 4.90 Å². The molecule has 0 radical (unpaired) electrons. The van der Waals surface area contributed by atoms with Gasteiger partial charge in [-0.15, -0.1) is 0 Å². The van der Waals surface area contributed by atoms with Crippen molar-refractivity contribution in [1.29, 1.82) is 0 Å².